The lowest BCUT2D eigenvalue weighted by Gasteiger charge is -2.13. The van der Waals surface area contributed by atoms with E-state index in [1.165, 1.54) is 14.0 Å². The molecule has 0 unspecified atom stereocenters. The van der Waals surface area contributed by atoms with Crippen LogP contribution in [-0.2, 0) is 9.53 Å². The molecule has 0 saturated carbocycles. The number of urea groups is 1. The second-order valence-electron chi connectivity index (χ2n) is 2.78. The lowest BCUT2D eigenvalue weighted by Crippen LogP contribution is -2.48. The summed E-state index contributed by atoms with van der Waals surface area (Å²) in [5.74, 6) is -2.30. The van der Waals surface area contributed by atoms with Crippen LogP contribution >= 0.6 is 0 Å². The maximum Gasteiger partial charge on any atom is 0.471 e. The number of nitrogens with one attached hydrogen (secondary N) is 2. The minimum atomic E-state index is -5.07. The van der Waals surface area contributed by atoms with Crippen LogP contribution in [0.1, 0.15) is 6.92 Å². The average Bonchev–Trinajstić information content (AvgIpc) is 2.01. The fourth-order valence-corrected chi connectivity index (χ4v) is 0.726. The lowest BCUT2D eigenvalue weighted by atomic mass is 10.4. The lowest BCUT2D eigenvalue weighted by molar-refractivity contribution is -0.172. The van der Waals surface area contributed by atoms with E-state index in [0.29, 0.717) is 0 Å². The molecule has 0 fully saturated rings. The Morgan fingerprint density at radius 2 is 1.93 bits per heavy atom. The molecule has 0 aromatic heterocycles. The molecule has 8 heteroatoms. The molecule has 0 saturated heterocycles. The van der Waals surface area contributed by atoms with Crippen LogP contribution < -0.4 is 10.6 Å². The molecule has 3 amide bonds. The third-order valence-corrected chi connectivity index (χ3v) is 1.28. The van der Waals surface area contributed by atoms with Crippen LogP contribution in [0.15, 0.2) is 0 Å². The normalized spacial score (nSPS) is 13.1. The molecule has 15 heavy (non-hydrogen) atoms. The number of hydrogen-bond donors (Lipinski definition) is 2. The van der Waals surface area contributed by atoms with Gasteiger partial charge in [-0.1, -0.05) is 0 Å². The van der Waals surface area contributed by atoms with Crippen molar-refractivity contribution < 1.29 is 27.5 Å². The van der Waals surface area contributed by atoms with Crippen molar-refractivity contribution in [2.45, 2.75) is 19.1 Å². The van der Waals surface area contributed by atoms with E-state index in [0.717, 1.165) is 5.32 Å². The van der Waals surface area contributed by atoms with Gasteiger partial charge >= 0.3 is 18.1 Å². The first kappa shape index (κ1) is 13.7. The molecule has 5 nitrogen and oxygen atoms in total. The summed E-state index contributed by atoms with van der Waals surface area (Å²) < 4.78 is 39.7. The second kappa shape index (κ2) is 5.54. The van der Waals surface area contributed by atoms with Gasteiger partial charge in [0, 0.05) is 7.11 Å². The van der Waals surface area contributed by atoms with Gasteiger partial charge in [-0.15, -0.1) is 0 Å². The fraction of sp³-hybridized carbons (Fsp3) is 0.714. The SMILES string of the molecule is COC[C@H](C)NC(=O)NC(=O)C(F)(F)F. The third kappa shape index (κ3) is 5.89. The minimum Gasteiger partial charge on any atom is -0.383 e. The monoisotopic (exact) mass is 228 g/mol. The highest BCUT2D eigenvalue weighted by molar-refractivity contribution is 5.97. The minimum absolute atomic E-state index is 0.133. The summed E-state index contributed by atoms with van der Waals surface area (Å²) in [6.45, 7) is 1.65. The summed E-state index contributed by atoms with van der Waals surface area (Å²) in [6, 6.07) is -1.70. The molecule has 0 aliphatic rings. The van der Waals surface area contributed by atoms with Crippen molar-refractivity contribution in [1.82, 2.24) is 10.6 Å². The Kier molecular flexibility index (Phi) is 5.06. The molecule has 0 aromatic carbocycles. The van der Waals surface area contributed by atoms with Crippen LogP contribution in [0.4, 0.5) is 18.0 Å². The number of alkyl halides is 3. The van der Waals surface area contributed by atoms with Gasteiger partial charge in [-0.2, -0.15) is 13.2 Å². The van der Waals surface area contributed by atoms with Crippen molar-refractivity contribution >= 4 is 11.9 Å². The Labute approximate surface area is 84.0 Å². The summed E-state index contributed by atoms with van der Waals surface area (Å²) in [7, 11) is 1.37. The molecule has 0 aliphatic carbocycles. The first-order valence-electron chi connectivity index (χ1n) is 3.95. The van der Waals surface area contributed by atoms with Crippen molar-refractivity contribution in [2.75, 3.05) is 13.7 Å². The highest BCUT2D eigenvalue weighted by Gasteiger charge is 2.39. The van der Waals surface area contributed by atoms with Crippen LogP contribution in [0.5, 0.6) is 0 Å². The van der Waals surface area contributed by atoms with E-state index in [9.17, 15) is 22.8 Å². The summed E-state index contributed by atoms with van der Waals surface area (Å²) in [5.41, 5.74) is 0. The molecule has 0 heterocycles. The quantitative estimate of drug-likeness (QED) is 0.735. The van der Waals surface area contributed by atoms with Gasteiger partial charge in [-0.25, -0.2) is 4.79 Å². The number of rotatable bonds is 3. The summed E-state index contributed by atoms with van der Waals surface area (Å²) in [6.07, 6.45) is -5.07. The zero-order valence-electron chi connectivity index (χ0n) is 8.14. The Balaban J connectivity index is 4.00. The summed E-state index contributed by atoms with van der Waals surface area (Å²) in [4.78, 5) is 21.1. The van der Waals surface area contributed by atoms with Gasteiger partial charge in [0.1, 0.15) is 0 Å². The average molecular weight is 228 g/mol. The second-order valence-corrected chi connectivity index (χ2v) is 2.78. The maximum absolute atomic E-state index is 11.7. The predicted molar refractivity (Wildman–Crippen MR) is 44.1 cm³/mol. The maximum atomic E-state index is 11.7. The van der Waals surface area contributed by atoms with Crippen molar-refractivity contribution in [3.05, 3.63) is 0 Å². The van der Waals surface area contributed by atoms with Crippen molar-refractivity contribution in [2.24, 2.45) is 0 Å². The highest BCUT2D eigenvalue weighted by atomic mass is 19.4. The smallest absolute Gasteiger partial charge is 0.383 e. The van der Waals surface area contributed by atoms with Crippen molar-refractivity contribution in [1.29, 1.82) is 0 Å². The first-order valence-corrected chi connectivity index (χ1v) is 3.95. The zero-order chi connectivity index (χ0) is 12.1. The van der Waals surface area contributed by atoms with Crippen LogP contribution in [0, 0.1) is 0 Å². The van der Waals surface area contributed by atoms with Gasteiger partial charge in [0.05, 0.1) is 12.6 Å². The van der Waals surface area contributed by atoms with Crippen molar-refractivity contribution in [3.8, 4) is 0 Å². The number of ether oxygens (including phenoxy) is 1. The third-order valence-electron chi connectivity index (χ3n) is 1.28. The Hall–Kier alpha value is -1.31. The van der Waals surface area contributed by atoms with Gasteiger partial charge in [-0.3, -0.25) is 10.1 Å². The van der Waals surface area contributed by atoms with E-state index in [1.807, 2.05) is 0 Å². The molecule has 1 atom stereocenters. The topological polar surface area (TPSA) is 67.4 Å². The Bertz CT molecular complexity index is 242. The first-order chi connectivity index (χ1) is 6.77. The predicted octanol–water partition coefficient (Wildman–Crippen LogP) is 0.409. The number of carbonyl (C=O) groups is 2. The molecule has 0 aliphatic heterocycles. The zero-order valence-corrected chi connectivity index (χ0v) is 8.14. The molecule has 0 rings (SSSR count). The summed E-state index contributed by atoms with van der Waals surface area (Å²) in [5, 5.41) is 3.23. The van der Waals surface area contributed by atoms with Crippen LogP contribution in [0.3, 0.4) is 0 Å². The van der Waals surface area contributed by atoms with Gasteiger partial charge in [0.2, 0.25) is 0 Å². The number of imide groups is 1. The van der Waals surface area contributed by atoms with Crippen molar-refractivity contribution in [3.63, 3.8) is 0 Å². The van der Waals surface area contributed by atoms with E-state index in [-0.39, 0.29) is 6.61 Å². The molecule has 0 bridgehead atoms. The standard InChI is InChI=1S/C7H11F3N2O3/c1-4(3-15-2)11-6(14)12-5(13)7(8,9)10/h4H,3H2,1-2H3,(H2,11,12,13,14)/t4-/m0/s1. The van der Waals surface area contributed by atoms with Gasteiger partial charge < -0.3 is 10.1 Å². The number of hydrogen-bond acceptors (Lipinski definition) is 3. The Morgan fingerprint density at radius 3 is 2.33 bits per heavy atom. The number of carbonyl (C=O) groups excluding carboxylic acids is 2. The van der Waals surface area contributed by atoms with E-state index in [1.54, 1.807) is 0 Å². The van der Waals surface area contributed by atoms with Crippen LogP contribution in [0.2, 0.25) is 0 Å². The van der Waals surface area contributed by atoms with Gasteiger partial charge in [0.15, 0.2) is 0 Å². The largest absolute Gasteiger partial charge is 0.471 e. The van der Waals surface area contributed by atoms with E-state index < -0.39 is 24.2 Å². The Morgan fingerprint density at radius 1 is 1.40 bits per heavy atom. The molecular formula is C7H11F3N2O3. The molecule has 0 spiro atoms. The van der Waals surface area contributed by atoms with E-state index in [4.69, 9.17) is 0 Å². The molecule has 0 radical (unpaired) electrons. The summed E-state index contributed by atoms with van der Waals surface area (Å²) >= 11 is 0. The van der Waals surface area contributed by atoms with Gasteiger partial charge in [-0.05, 0) is 6.92 Å². The number of amides is 3. The molecule has 2 N–H and O–H groups in total. The van der Waals surface area contributed by atoms with Crippen LogP contribution in [0.25, 0.3) is 0 Å². The van der Waals surface area contributed by atoms with E-state index >= 15 is 0 Å². The molecule has 0 aromatic rings. The van der Waals surface area contributed by atoms with Gasteiger partial charge in [0.25, 0.3) is 0 Å². The molecular weight excluding hydrogens is 217 g/mol. The van der Waals surface area contributed by atoms with Crippen LogP contribution in [-0.4, -0.2) is 37.9 Å². The molecule has 88 valence electrons. The number of methoxy groups -OCH3 is 1. The fourth-order valence-electron chi connectivity index (χ4n) is 0.726. The number of halogens is 3. The highest BCUT2D eigenvalue weighted by Crippen LogP contribution is 2.13. The van der Waals surface area contributed by atoms with E-state index in [2.05, 4.69) is 10.1 Å².